The Labute approximate surface area is 89.9 Å². The van der Waals surface area contributed by atoms with E-state index in [2.05, 4.69) is 6.07 Å². The molecule has 0 unspecified atom stereocenters. The topological polar surface area (TPSA) is 61.2 Å². The number of piperidine rings is 1. The molecule has 3 atom stereocenters. The first-order valence-electron chi connectivity index (χ1n) is 5.03. The first kappa shape index (κ1) is 11.7. The summed E-state index contributed by atoms with van der Waals surface area (Å²) in [6, 6.07) is 2.11. The Morgan fingerprint density at radius 3 is 2.60 bits per heavy atom. The van der Waals surface area contributed by atoms with E-state index in [0.29, 0.717) is 6.42 Å². The molecular formula is C11H16N2O2. The second-order valence-electron chi connectivity index (χ2n) is 4.48. The van der Waals surface area contributed by atoms with E-state index in [0.717, 1.165) is 0 Å². The number of Topliss-reactive ketones (excluding diaryl/α,β-unsaturated/α-hetero) is 1. The highest BCUT2D eigenvalue weighted by molar-refractivity contribution is 5.86. The van der Waals surface area contributed by atoms with Gasteiger partial charge in [-0.25, -0.2) is 0 Å². The molecule has 0 bridgehead atoms. The average Bonchev–Trinajstić information content (AvgIpc) is 2.13. The minimum absolute atomic E-state index is 0.0223. The summed E-state index contributed by atoms with van der Waals surface area (Å²) in [6.45, 7) is 5.00. The molecule has 1 aliphatic rings. The van der Waals surface area contributed by atoms with Gasteiger partial charge in [-0.05, 0) is 19.8 Å². The molecule has 1 saturated heterocycles. The zero-order valence-corrected chi connectivity index (χ0v) is 9.57. The summed E-state index contributed by atoms with van der Waals surface area (Å²) < 4.78 is 0. The van der Waals surface area contributed by atoms with Gasteiger partial charge in [0.2, 0.25) is 5.91 Å². The molecule has 0 saturated carbocycles. The lowest BCUT2D eigenvalue weighted by Gasteiger charge is -2.45. The highest BCUT2D eigenvalue weighted by Crippen LogP contribution is 2.37. The third-order valence-corrected chi connectivity index (χ3v) is 3.41. The van der Waals surface area contributed by atoms with Crippen molar-refractivity contribution in [1.29, 1.82) is 5.26 Å². The van der Waals surface area contributed by atoms with Crippen molar-refractivity contribution in [1.82, 2.24) is 4.90 Å². The van der Waals surface area contributed by atoms with Gasteiger partial charge in [0.1, 0.15) is 11.3 Å². The van der Waals surface area contributed by atoms with Crippen molar-refractivity contribution < 1.29 is 9.59 Å². The van der Waals surface area contributed by atoms with Crippen LogP contribution in [0.25, 0.3) is 0 Å². The number of carbonyl (C=O) groups excluding carboxylic acids is 2. The second-order valence-corrected chi connectivity index (χ2v) is 4.48. The monoisotopic (exact) mass is 208 g/mol. The average molecular weight is 208 g/mol. The third kappa shape index (κ3) is 1.63. The largest absolute Gasteiger partial charge is 0.327 e. The van der Waals surface area contributed by atoms with Crippen molar-refractivity contribution in [2.24, 2.45) is 11.8 Å². The van der Waals surface area contributed by atoms with E-state index >= 15 is 0 Å². The minimum atomic E-state index is -0.999. The van der Waals surface area contributed by atoms with Crippen LogP contribution >= 0.6 is 0 Å². The van der Waals surface area contributed by atoms with Gasteiger partial charge in [-0.2, -0.15) is 5.26 Å². The van der Waals surface area contributed by atoms with E-state index in [-0.39, 0.29) is 23.5 Å². The Morgan fingerprint density at radius 2 is 2.20 bits per heavy atom. The predicted molar refractivity (Wildman–Crippen MR) is 54.7 cm³/mol. The summed E-state index contributed by atoms with van der Waals surface area (Å²) in [5, 5.41) is 9.18. The van der Waals surface area contributed by atoms with Gasteiger partial charge in [0, 0.05) is 13.5 Å². The van der Waals surface area contributed by atoms with Gasteiger partial charge >= 0.3 is 0 Å². The van der Waals surface area contributed by atoms with Gasteiger partial charge in [0.05, 0.1) is 12.0 Å². The van der Waals surface area contributed by atoms with E-state index in [1.54, 1.807) is 14.0 Å². The zero-order chi connectivity index (χ0) is 11.8. The first-order valence-corrected chi connectivity index (χ1v) is 5.03. The molecule has 1 rings (SSSR count). The van der Waals surface area contributed by atoms with Gasteiger partial charge in [-0.3, -0.25) is 9.59 Å². The lowest BCUT2D eigenvalue weighted by Crippen LogP contribution is -2.59. The summed E-state index contributed by atoms with van der Waals surface area (Å²) in [7, 11) is 1.59. The maximum absolute atomic E-state index is 11.6. The number of hydrogen-bond donors (Lipinski definition) is 0. The Kier molecular flexibility index (Phi) is 2.85. The Bertz CT molecular complexity index is 345. The van der Waals surface area contributed by atoms with E-state index in [9.17, 15) is 14.9 Å². The van der Waals surface area contributed by atoms with Gasteiger partial charge in [0.15, 0.2) is 0 Å². The molecule has 0 aromatic rings. The van der Waals surface area contributed by atoms with Gasteiger partial charge < -0.3 is 4.90 Å². The molecule has 0 aromatic heterocycles. The van der Waals surface area contributed by atoms with Crippen LogP contribution in [0.4, 0.5) is 0 Å². The van der Waals surface area contributed by atoms with E-state index in [1.165, 1.54) is 11.8 Å². The normalized spacial score (nSPS) is 36.2. The third-order valence-electron chi connectivity index (χ3n) is 3.41. The predicted octanol–water partition coefficient (Wildman–Crippen LogP) is 0.972. The Balaban J connectivity index is 3.19. The molecular weight excluding hydrogens is 192 g/mol. The number of rotatable bonds is 1. The first-order chi connectivity index (χ1) is 6.84. The van der Waals surface area contributed by atoms with Crippen LogP contribution in [-0.2, 0) is 9.59 Å². The molecule has 1 amide bonds. The molecule has 0 aromatic carbocycles. The van der Waals surface area contributed by atoms with Crippen LogP contribution in [0.15, 0.2) is 0 Å². The number of carbonyl (C=O) groups is 2. The zero-order valence-electron chi connectivity index (χ0n) is 9.57. The lowest BCUT2D eigenvalue weighted by molar-refractivity contribution is -0.146. The van der Waals surface area contributed by atoms with Crippen LogP contribution < -0.4 is 0 Å². The molecule has 1 heterocycles. The fourth-order valence-electron chi connectivity index (χ4n) is 2.49. The number of ketones is 1. The summed E-state index contributed by atoms with van der Waals surface area (Å²) in [4.78, 5) is 24.6. The summed E-state index contributed by atoms with van der Waals surface area (Å²) in [5.74, 6) is -0.531. The highest BCUT2D eigenvalue weighted by Gasteiger charge is 2.50. The van der Waals surface area contributed by atoms with Crippen LogP contribution in [0.2, 0.25) is 0 Å². The van der Waals surface area contributed by atoms with E-state index < -0.39 is 5.54 Å². The summed E-state index contributed by atoms with van der Waals surface area (Å²) in [5.41, 5.74) is -0.999. The smallest absolute Gasteiger partial charge is 0.223 e. The van der Waals surface area contributed by atoms with Gasteiger partial charge in [0.25, 0.3) is 0 Å². The molecule has 0 N–H and O–H groups in total. The van der Waals surface area contributed by atoms with Crippen molar-refractivity contribution >= 4 is 11.7 Å². The standard InChI is InChI=1S/C11H16N2O2/c1-7-5-9(15)13(4)11(3,6-12)10(7)8(2)14/h7,10H,5H2,1-4H3/t7-,10-,11-/m0/s1. The number of nitriles is 1. The van der Waals surface area contributed by atoms with Crippen LogP contribution in [-0.4, -0.2) is 29.2 Å². The molecule has 4 heteroatoms. The Hall–Kier alpha value is -1.37. The van der Waals surface area contributed by atoms with Crippen LogP contribution in [0.1, 0.15) is 27.2 Å². The van der Waals surface area contributed by atoms with Gasteiger partial charge in [-0.15, -0.1) is 0 Å². The quantitative estimate of drug-likeness (QED) is 0.645. The molecule has 0 spiro atoms. The SMILES string of the molecule is CC(=O)[C@@H]1[C@@H](C)CC(=O)N(C)[C@@]1(C)C#N. The molecule has 0 radical (unpaired) electrons. The fraction of sp³-hybridized carbons (Fsp3) is 0.727. The number of hydrogen-bond acceptors (Lipinski definition) is 3. The van der Waals surface area contributed by atoms with Crippen LogP contribution in [0, 0.1) is 23.2 Å². The van der Waals surface area contributed by atoms with E-state index in [1.807, 2.05) is 6.92 Å². The lowest BCUT2D eigenvalue weighted by atomic mass is 9.70. The maximum atomic E-state index is 11.6. The number of likely N-dealkylation sites (tertiary alicyclic amines) is 1. The second kappa shape index (κ2) is 3.65. The Morgan fingerprint density at radius 1 is 1.67 bits per heavy atom. The molecule has 0 aliphatic carbocycles. The molecule has 4 nitrogen and oxygen atoms in total. The van der Waals surface area contributed by atoms with Crippen molar-refractivity contribution in [3.8, 4) is 6.07 Å². The molecule has 1 fully saturated rings. The summed E-state index contributed by atoms with van der Waals surface area (Å²) in [6.07, 6.45) is 0.345. The van der Waals surface area contributed by atoms with Crippen molar-refractivity contribution in [2.75, 3.05) is 7.05 Å². The van der Waals surface area contributed by atoms with Crippen molar-refractivity contribution in [3.05, 3.63) is 0 Å². The van der Waals surface area contributed by atoms with E-state index in [4.69, 9.17) is 0 Å². The van der Waals surface area contributed by atoms with Crippen LogP contribution in [0.3, 0.4) is 0 Å². The summed E-state index contributed by atoms with van der Waals surface area (Å²) >= 11 is 0. The fourth-order valence-corrected chi connectivity index (χ4v) is 2.49. The highest BCUT2D eigenvalue weighted by atomic mass is 16.2. The number of amides is 1. The maximum Gasteiger partial charge on any atom is 0.223 e. The molecule has 15 heavy (non-hydrogen) atoms. The van der Waals surface area contributed by atoms with Crippen molar-refractivity contribution in [3.63, 3.8) is 0 Å². The molecule has 82 valence electrons. The minimum Gasteiger partial charge on any atom is -0.327 e. The van der Waals surface area contributed by atoms with Crippen molar-refractivity contribution in [2.45, 2.75) is 32.7 Å². The van der Waals surface area contributed by atoms with Crippen LogP contribution in [0.5, 0.6) is 0 Å². The number of nitrogens with zero attached hydrogens (tertiary/aromatic N) is 2. The molecule has 1 aliphatic heterocycles. The van der Waals surface area contributed by atoms with Gasteiger partial charge in [-0.1, -0.05) is 6.92 Å².